The molecule has 1 N–H and O–H groups in total. The first-order valence-electron chi connectivity index (χ1n) is 7.45. The molecule has 0 spiro atoms. The lowest BCUT2D eigenvalue weighted by atomic mass is 10.0. The number of H-pyrrole nitrogens is 1. The molecule has 2 heterocycles. The van der Waals surface area contributed by atoms with Crippen molar-refractivity contribution in [2.75, 3.05) is 7.11 Å². The Kier molecular flexibility index (Phi) is 3.78. The van der Waals surface area contributed by atoms with E-state index < -0.39 is 11.5 Å². The highest BCUT2D eigenvalue weighted by molar-refractivity contribution is 5.90. The zero-order valence-corrected chi connectivity index (χ0v) is 13.3. The number of ether oxygens (including phenoxy) is 1. The third-order valence-electron chi connectivity index (χ3n) is 4.08. The van der Waals surface area contributed by atoms with Crippen LogP contribution in [0.2, 0.25) is 0 Å². The Hall–Kier alpha value is -2.82. The summed E-state index contributed by atoms with van der Waals surface area (Å²) < 4.78 is 6.71. The van der Waals surface area contributed by atoms with Crippen LogP contribution in [0.25, 0.3) is 22.2 Å². The summed E-state index contributed by atoms with van der Waals surface area (Å²) in [4.78, 5) is 26.7. The van der Waals surface area contributed by atoms with Crippen LogP contribution in [0.4, 0.5) is 0 Å². The van der Waals surface area contributed by atoms with Gasteiger partial charge in [-0.15, -0.1) is 0 Å². The molecule has 23 heavy (non-hydrogen) atoms. The largest absolute Gasteiger partial charge is 0.465 e. The third-order valence-corrected chi connectivity index (χ3v) is 4.08. The molecular weight excluding hydrogens is 292 g/mol. The summed E-state index contributed by atoms with van der Waals surface area (Å²) in [6, 6.07) is 9.69. The van der Waals surface area contributed by atoms with Crippen LogP contribution < -0.4 is 5.56 Å². The molecule has 0 bridgehead atoms. The van der Waals surface area contributed by atoms with Gasteiger partial charge in [0.25, 0.3) is 5.56 Å². The molecule has 5 nitrogen and oxygen atoms in total. The van der Waals surface area contributed by atoms with Gasteiger partial charge in [-0.3, -0.25) is 4.79 Å². The summed E-state index contributed by atoms with van der Waals surface area (Å²) in [5.41, 5.74) is 3.30. The van der Waals surface area contributed by atoms with Crippen LogP contribution in [0.3, 0.4) is 0 Å². The van der Waals surface area contributed by atoms with Gasteiger partial charge in [0, 0.05) is 24.1 Å². The second-order valence-electron chi connectivity index (χ2n) is 5.46. The summed E-state index contributed by atoms with van der Waals surface area (Å²) >= 11 is 0. The highest BCUT2D eigenvalue weighted by Gasteiger charge is 2.15. The molecule has 0 aliphatic heterocycles. The van der Waals surface area contributed by atoms with Gasteiger partial charge in [0.15, 0.2) is 0 Å². The fourth-order valence-electron chi connectivity index (χ4n) is 2.81. The standard InChI is InChI=1S/C18H18N2O3/c1-4-11-10-14(18(22)23-3)17(21)19-16(11)13-5-6-15-12(9-13)7-8-20(15)2/h5-10H,4H2,1-3H3,(H,19,21). The summed E-state index contributed by atoms with van der Waals surface area (Å²) in [5.74, 6) is -0.619. The second kappa shape index (κ2) is 5.76. The fraction of sp³-hybridized carbons (Fsp3) is 0.222. The summed E-state index contributed by atoms with van der Waals surface area (Å²) in [6.07, 6.45) is 2.70. The highest BCUT2D eigenvalue weighted by atomic mass is 16.5. The zero-order valence-electron chi connectivity index (χ0n) is 13.3. The van der Waals surface area contributed by atoms with E-state index in [2.05, 4.69) is 9.72 Å². The molecule has 0 radical (unpaired) electrons. The molecule has 0 saturated carbocycles. The van der Waals surface area contributed by atoms with Gasteiger partial charge in [-0.2, -0.15) is 0 Å². The molecule has 0 amide bonds. The van der Waals surface area contributed by atoms with Crippen molar-refractivity contribution < 1.29 is 9.53 Å². The SMILES string of the molecule is CCc1cc(C(=O)OC)c(=O)[nH]c1-c1ccc2c(ccn2C)c1. The topological polar surface area (TPSA) is 64.1 Å². The van der Waals surface area contributed by atoms with E-state index in [4.69, 9.17) is 0 Å². The highest BCUT2D eigenvalue weighted by Crippen LogP contribution is 2.26. The van der Waals surface area contributed by atoms with Gasteiger partial charge in [-0.25, -0.2) is 4.79 Å². The van der Waals surface area contributed by atoms with Crippen molar-refractivity contribution in [2.24, 2.45) is 7.05 Å². The molecule has 3 aromatic rings. The van der Waals surface area contributed by atoms with Crippen LogP contribution in [0.15, 0.2) is 41.3 Å². The predicted octanol–water partition coefficient (Wildman–Crippen LogP) is 2.88. The van der Waals surface area contributed by atoms with Crippen molar-refractivity contribution >= 4 is 16.9 Å². The Balaban J connectivity index is 2.19. The van der Waals surface area contributed by atoms with E-state index >= 15 is 0 Å². The maximum atomic E-state index is 12.2. The smallest absolute Gasteiger partial charge is 0.343 e. The first-order chi connectivity index (χ1) is 11.0. The number of nitrogens with zero attached hydrogens (tertiary/aromatic N) is 1. The number of fused-ring (bicyclic) bond motifs is 1. The van der Waals surface area contributed by atoms with Gasteiger partial charge < -0.3 is 14.3 Å². The number of benzene rings is 1. The molecule has 2 aromatic heterocycles. The molecule has 0 atom stereocenters. The number of carbonyl (C=O) groups is 1. The molecule has 0 fully saturated rings. The number of methoxy groups -OCH3 is 1. The first-order valence-corrected chi connectivity index (χ1v) is 7.45. The van der Waals surface area contributed by atoms with Gasteiger partial charge in [-0.1, -0.05) is 13.0 Å². The monoisotopic (exact) mass is 310 g/mol. The number of hydrogen-bond donors (Lipinski definition) is 1. The Labute approximate surface area is 133 Å². The van der Waals surface area contributed by atoms with E-state index in [9.17, 15) is 9.59 Å². The first kappa shape index (κ1) is 15.1. The van der Waals surface area contributed by atoms with Crippen LogP contribution in [0.1, 0.15) is 22.8 Å². The number of rotatable bonds is 3. The fourth-order valence-corrected chi connectivity index (χ4v) is 2.81. The number of carbonyl (C=O) groups excluding carboxylic acids is 1. The van der Waals surface area contributed by atoms with Crippen molar-refractivity contribution in [3.63, 3.8) is 0 Å². The molecule has 0 aliphatic carbocycles. The van der Waals surface area contributed by atoms with Gasteiger partial charge in [0.1, 0.15) is 5.56 Å². The predicted molar refractivity (Wildman–Crippen MR) is 89.7 cm³/mol. The number of hydrogen-bond acceptors (Lipinski definition) is 3. The summed E-state index contributed by atoms with van der Waals surface area (Å²) in [6.45, 7) is 1.99. The van der Waals surface area contributed by atoms with Crippen molar-refractivity contribution in [3.05, 3.63) is 58.0 Å². The van der Waals surface area contributed by atoms with E-state index in [-0.39, 0.29) is 5.56 Å². The van der Waals surface area contributed by atoms with Gasteiger partial charge in [0.05, 0.1) is 12.8 Å². The molecule has 0 aliphatic rings. The third kappa shape index (κ3) is 2.54. The van der Waals surface area contributed by atoms with E-state index in [1.54, 1.807) is 6.07 Å². The van der Waals surface area contributed by atoms with Gasteiger partial charge in [0.2, 0.25) is 0 Å². The quantitative estimate of drug-likeness (QED) is 0.757. The summed E-state index contributed by atoms with van der Waals surface area (Å²) in [5, 5.41) is 1.10. The molecule has 3 rings (SSSR count). The van der Waals surface area contributed by atoms with Crippen LogP contribution in [-0.4, -0.2) is 22.6 Å². The average Bonchev–Trinajstić information content (AvgIpc) is 2.94. The van der Waals surface area contributed by atoms with E-state index in [1.165, 1.54) is 7.11 Å². The van der Waals surface area contributed by atoms with Crippen LogP contribution >= 0.6 is 0 Å². The molecule has 5 heteroatoms. The normalized spacial score (nSPS) is 10.9. The number of nitrogens with one attached hydrogen (secondary N) is 1. The number of aryl methyl sites for hydroxylation is 2. The molecule has 0 unspecified atom stereocenters. The molecule has 118 valence electrons. The number of aromatic amines is 1. The van der Waals surface area contributed by atoms with E-state index in [1.807, 2.05) is 49.0 Å². The Morgan fingerprint density at radius 1 is 1.26 bits per heavy atom. The molecule has 0 saturated heterocycles. The Bertz CT molecular complexity index is 951. The maximum absolute atomic E-state index is 12.2. The average molecular weight is 310 g/mol. The summed E-state index contributed by atoms with van der Waals surface area (Å²) in [7, 11) is 3.26. The van der Waals surface area contributed by atoms with Crippen LogP contribution in [-0.2, 0) is 18.2 Å². The minimum Gasteiger partial charge on any atom is -0.465 e. The number of pyridine rings is 1. The minimum atomic E-state index is -0.619. The van der Waals surface area contributed by atoms with Crippen molar-refractivity contribution in [1.82, 2.24) is 9.55 Å². The Morgan fingerprint density at radius 3 is 2.74 bits per heavy atom. The van der Waals surface area contributed by atoms with Crippen molar-refractivity contribution in [2.45, 2.75) is 13.3 Å². The number of aromatic nitrogens is 2. The molecular formula is C18H18N2O3. The maximum Gasteiger partial charge on any atom is 0.343 e. The molecule has 1 aromatic carbocycles. The zero-order chi connectivity index (χ0) is 16.6. The van der Waals surface area contributed by atoms with Gasteiger partial charge >= 0.3 is 5.97 Å². The Morgan fingerprint density at radius 2 is 2.04 bits per heavy atom. The lowest BCUT2D eigenvalue weighted by Gasteiger charge is -2.10. The minimum absolute atomic E-state index is 0.0360. The number of esters is 1. The van der Waals surface area contributed by atoms with Gasteiger partial charge in [-0.05, 0) is 41.8 Å². The van der Waals surface area contributed by atoms with Crippen molar-refractivity contribution in [3.8, 4) is 11.3 Å². The van der Waals surface area contributed by atoms with Crippen LogP contribution in [0, 0.1) is 0 Å². The van der Waals surface area contributed by atoms with Crippen LogP contribution in [0.5, 0.6) is 0 Å². The van der Waals surface area contributed by atoms with Crippen molar-refractivity contribution in [1.29, 1.82) is 0 Å². The van der Waals surface area contributed by atoms with E-state index in [0.29, 0.717) is 6.42 Å². The lowest BCUT2D eigenvalue weighted by molar-refractivity contribution is 0.0598. The second-order valence-corrected chi connectivity index (χ2v) is 5.46. The lowest BCUT2D eigenvalue weighted by Crippen LogP contribution is -2.20. The van der Waals surface area contributed by atoms with E-state index in [0.717, 1.165) is 27.7 Å².